The lowest BCUT2D eigenvalue weighted by molar-refractivity contribution is 0.0518. The lowest BCUT2D eigenvalue weighted by Gasteiger charge is -2.25. The molecule has 0 aliphatic rings. The third kappa shape index (κ3) is 6.05. The van der Waals surface area contributed by atoms with E-state index in [0.29, 0.717) is 6.61 Å². The van der Waals surface area contributed by atoms with E-state index >= 15 is 0 Å². The number of nitrogens with one attached hydrogen (secondary N) is 1. The Kier molecular flexibility index (Phi) is 3.91. The van der Waals surface area contributed by atoms with E-state index in [9.17, 15) is 0 Å². The van der Waals surface area contributed by atoms with Crippen molar-refractivity contribution in [3.8, 4) is 0 Å². The fourth-order valence-electron chi connectivity index (χ4n) is 0.726. The van der Waals surface area contributed by atoms with Crippen molar-refractivity contribution in [3.05, 3.63) is 6.92 Å². The molecule has 2 nitrogen and oxygen atoms in total. The van der Waals surface area contributed by atoms with Crippen molar-refractivity contribution in [1.82, 2.24) is 5.32 Å². The quantitative estimate of drug-likeness (QED) is 0.607. The monoisotopic (exact) mass is 144 g/mol. The normalized spacial score (nSPS) is 15.3. The molecule has 0 aromatic rings. The van der Waals surface area contributed by atoms with Crippen LogP contribution >= 0.6 is 0 Å². The topological polar surface area (TPSA) is 21.3 Å². The summed E-state index contributed by atoms with van der Waals surface area (Å²) in [5.41, 5.74) is 0.0849. The van der Waals surface area contributed by atoms with Crippen molar-refractivity contribution in [1.29, 1.82) is 0 Å². The third-order valence-corrected chi connectivity index (χ3v) is 0.962. The lowest BCUT2D eigenvalue weighted by Crippen LogP contribution is -2.43. The smallest absolute Gasteiger partial charge is 0.108 e. The first-order valence-corrected chi connectivity index (χ1v) is 3.68. The maximum atomic E-state index is 5.20. The second kappa shape index (κ2) is 3.94. The van der Waals surface area contributed by atoms with E-state index in [4.69, 9.17) is 4.74 Å². The number of ether oxygens (including phenoxy) is 1. The van der Waals surface area contributed by atoms with E-state index < -0.39 is 0 Å². The van der Waals surface area contributed by atoms with E-state index in [-0.39, 0.29) is 11.8 Å². The summed E-state index contributed by atoms with van der Waals surface area (Å²) in [5.74, 6) is 0. The molecule has 0 saturated heterocycles. The van der Waals surface area contributed by atoms with Gasteiger partial charge in [0.1, 0.15) is 6.23 Å². The summed E-state index contributed by atoms with van der Waals surface area (Å²) < 4.78 is 5.20. The molecule has 0 amide bonds. The van der Waals surface area contributed by atoms with Crippen molar-refractivity contribution in [3.63, 3.8) is 0 Å². The lowest BCUT2D eigenvalue weighted by atomic mass is 10.1. The number of hydrogen-bond acceptors (Lipinski definition) is 2. The molecule has 0 rings (SSSR count). The molecule has 0 aromatic carbocycles. The van der Waals surface area contributed by atoms with Gasteiger partial charge in [-0.1, -0.05) is 0 Å². The third-order valence-electron chi connectivity index (χ3n) is 0.962. The van der Waals surface area contributed by atoms with Crippen LogP contribution < -0.4 is 5.32 Å². The molecule has 0 spiro atoms. The van der Waals surface area contributed by atoms with Gasteiger partial charge >= 0.3 is 0 Å². The van der Waals surface area contributed by atoms with Crippen molar-refractivity contribution < 1.29 is 4.74 Å². The van der Waals surface area contributed by atoms with Crippen molar-refractivity contribution >= 4 is 0 Å². The molecule has 0 heterocycles. The first kappa shape index (κ1) is 9.92. The van der Waals surface area contributed by atoms with Crippen LogP contribution in [0.3, 0.4) is 0 Å². The fraction of sp³-hybridized carbons (Fsp3) is 0.875. The standard InChI is InChI=1S/C8H18NO/c1-6-10-7(2)9-8(3,4)5/h7,9H,2,6H2,1,3-5H3. The first-order valence-electron chi connectivity index (χ1n) is 3.68. The fourth-order valence-corrected chi connectivity index (χ4v) is 0.726. The van der Waals surface area contributed by atoms with E-state index in [1.165, 1.54) is 0 Å². The van der Waals surface area contributed by atoms with Gasteiger partial charge in [-0.3, -0.25) is 5.32 Å². The molecular weight excluding hydrogens is 126 g/mol. The summed E-state index contributed by atoms with van der Waals surface area (Å²) in [6.45, 7) is 12.7. The summed E-state index contributed by atoms with van der Waals surface area (Å²) in [5, 5.41) is 3.19. The largest absolute Gasteiger partial charge is 0.364 e. The van der Waals surface area contributed by atoms with Gasteiger partial charge in [-0.05, 0) is 34.6 Å². The minimum atomic E-state index is -0.0926. The SMILES string of the molecule is [CH2]C(NC(C)(C)C)OCC. The second-order valence-electron chi connectivity index (χ2n) is 3.34. The summed E-state index contributed by atoms with van der Waals surface area (Å²) in [4.78, 5) is 0. The highest BCUT2D eigenvalue weighted by Gasteiger charge is 2.12. The molecule has 0 aromatic heterocycles. The van der Waals surface area contributed by atoms with Gasteiger partial charge in [0.2, 0.25) is 0 Å². The van der Waals surface area contributed by atoms with E-state index in [1.807, 2.05) is 6.92 Å². The minimum absolute atomic E-state index is 0.0849. The van der Waals surface area contributed by atoms with Crippen LogP contribution in [-0.2, 0) is 4.74 Å². The van der Waals surface area contributed by atoms with Gasteiger partial charge in [0.15, 0.2) is 0 Å². The number of rotatable bonds is 3. The molecule has 1 unspecified atom stereocenters. The molecule has 2 heteroatoms. The predicted octanol–water partition coefficient (Wildman–Crippen LogP) is 1.57. The van der Waals surface area contributed by atoms with Gasteiger partial charge in [0.25, 0.3) is 0 Å². The van der Waals surface area contributed by atoms with E-state index in [1.54, 1.807) is 0 Å². The van der Waals surface area contributed by atoms with Crippen LogP contribution in [0.15, 0.2) is 0 Å². The summed E-state index contributed by atoms with van der Waals surface area (Å²) >= 11 is 0. The molecule has 0 fully saturated rings. The Labute approximate surface area is 64.0 Å². The maximum absolute atomic E-state index is 5.20. The Morgan fingerprint density at radius 1 is 1.50 bits per heavy atom. The molecule has 1 N–H and O–H groups in total. The average molecular weight is 144 g/mol. The highest BCUT2D eigenvalue weighted by Crippen LogP contribution is 2.00. The van der Waals surface area contributed by atoms with Gasteiger partial charge in [-0.15, -0.1) is 0 Å². The van der Waals surface area contributed by atoms with Crippen molar-refractivity contribution in [2.45, 2.75) is 39.5 Å². The summed E-state index contributed by atoms with van der Waals surface area (Å²) in [6, 6.07) is 0. The molecule has 10 heavy (non-hydrogen) atoms. The first-order chi connectivity index (χ1) is 4.45. The van der Waals surface area contributed by atoms with Gasteiger partial charge in [0.05, 0.1) is 0 Å². The summed E-state index contributed by atoms with van der Waals surface area (Å²) in [7, 11) is 0. The van der Waals surface area contributed by atoms with E-state index in [0.717, 1.165) is 0 Å². The van der Waals surface area contributed by atoms with Crippen LogP contribution in [0.1, 0.15) is 27.7 Å². The van der Waals surface area contributed by atoms with Crippen LogP contribution in [0.4, 0.5) is 0 Å². The Morgan fingerprint density at radius 3 is 2.30 bits per heavy atom. The number of hydrogen-bond donors (Lipinski definition) is 1. The Hall–Kier alpha value is -0.0800. The molecule has 0 bridgehead atoms. The molecule has 1 atom stereocenters. The van der Waals surface area contributed by atoms with Gasteiger partial charge in [0, 0.05) is 12.1 Å². The van der Waals surface area contributed by atoms with Crippen LogP contribution in [0.2, 0.25) is 0 Å². The maximum Gasteiger partial charge on any atom is 0.108 e. The van der Waals surface area contributed by atoms with Crippen LogP contribution in [0.5, 0.6) is 0 Å². The van der Waals surface area contributed by atoms with Crippen molar-refractivity contribution in [2.75, 3.05) is 6.61 Å². The second-order valence-corrected chi connectivity index (χ2v) is 3.34. The average Bonchev–Trinajstić information content (AvgIpc) is 1.59. The van der Waals surface area contributed by atoms with Crippen molar-refractivity contribution in [2.24, 2.45) is 0 Å². The van der Waals surface area contributed by atoms with Crippen LogP contribution in [0, 0.1) is 6.92 Å². The Morgan fingerprint density at radius 2 is 2.00 bits per heavy atom. The van der Waals surface area contributed by atoms with Crippen LogP contribution in [0.25, 0.3) is 0 Å². The molecule has 0 aliphatic carbocycles. The van der Waals surface area contributed by atoms with Gasteiger partial charge in [-0.2, -0.15) is 0 Å². The zero-order chi connectivity index (χ0) is 8.20. The minimum Gasteiger partial charge on any atom is -0.364 e. The molecule has 0 aliphatic heterocycles. The molecule has 1 radical (unpaired) electrons. The van der Waals surface area contributed by atoms with E-state index in [2.05, 4.69) is 33.0 Å². The molecule has 0 saturated carbocycles. The summed E-state index contributed by atoms with van der Waals surface area (Å²) in [6.07, 6.45) is -0.0926. The predicted molar refractivity (Wildman–Crippen MR) is 43.7 cm³/mol. The molecular formula is C8H18NO. The Balaban J connectivity index is 3.47. The highest BCUT2D eigenvalue weighted by atomic mass is 16.5. The Bertz CT molecular complexity index is 85.7. The van der Waals surface area contributed by atoms with Gasteiger partial charge in [-0.25, -0.2) is 0 Å². The van der Waals surface area contributed by atoms with Crippen LogP contribution in [-0.4, -0.2) is 18.4 Å². The van der Waals surface area contributed by atoms with Gasteiger partial charge < -0.3 is 4.74 Å². The highest BCUT2D eigenvalue weighted by molar-refractivity contribution is 4.73. The zero-order valence-corrected chi connectivity index (χ0v) is 7.40. The molecule has 61 valence electrons. The zero-order valence-electron chi connectivity index (χ0n) is 7.40.